The van der Waals surface area contributed by atoms with Crippen molar-refractivity contribution in [3.05, 3.63) is 81.7 Å². The number of rotatable bonds is 8. The second-order valence-electron chi connectivity index (χ2n) is 7.21. The Bertz CT molecular complexity index is 1180. The second-order valence-corrected chi connectivity index (χ2v) is 7.21. The Labute approximate surface area is 181 Å². The second kappa shape index (κ2) is 9.14. The third-order valence-corrected chi connectivity index (χ3v) is 4.92. The normalized spacial score (nSPS) is 12.6. The van der Waals surface area contributed by atoms with E-state index < -0.39 is 40.0 Å². The van der Waals surface area contributed by atoms with E-state index >= 15 is 0 Å². The molecular weight excluding hydrogens is 431 g/mol. The number of benzene rings is 2. The van der Waals surface area contributed by atoms with E-state index in [1.54, 1.807) is 19.1 Å². The zero-order chi connectivity index (χ0) is 23.5. The van der Waals surface area contributed by atoms with Crippen molar-refractivity contribution in [2.24, 2.45) is 0 Å². The van der Waals surface area contributed by atoms with Gasteiger partial charge in [-0.1, -0.05) is 55.8 Å². The van der Waals surface area contributed by atoms with Crippen LogP contribution in [0.15, 0.2) is 57.8 Å². The molecule has 2 aromatic carbocycles. The van der Waals surface area contributed by atoms with Gasteiger partial charge in [-0.15, -0.1) is 0 Å². The lowest BCUT2D eigenvalue weighted by Gasteiger charge is -2.26. The summed E-state index contributed by atoms with van der Waals surface area (Å²) >= 11 is 0. The fourth-order valence-corrected chi connectivity index (χ4v) is 3.15. The summed E-state index contributed by atoms with van der Waals surface area (Å²) in [6, 6.07) is 7.16. The van der Waals surface area contributed by atoms with Gasteiger partial charge in [0.1, 0.15) is 5.39 Å². The summed E-state index contributed by atoms with van der Waals surface area (Å²) in [5.74, 6) is -12.4. The molecule has 3 nitrogen and oxygen atoms in total. The Morgan fingerprint density at radius 1 is 1.03 bits per heavy atom. The van der Waals surface area contributed by atoms with Gasteiger partial charge in [0.25, 0.3) is 0 Å². The molecule has 0 fully saturated rings. The Balaban J connectivity index is 2.03. The van der Waals surface area contributed by atoms with E-state index in [0.29, 0.717) is 18.1 Å². The molecule has 8 heteroatoms. The van der Waals surface area contributed by atoms with Crippen molar-refractivity contribution in [2.45, 2.75) is 38.5 Å². The van der Waals surface area contributed by atoms with Crippen LogP contribution in [0.4, 0.5) is 22.0 Å². The van der Waals surface area contributed by atoms with Gasteiger partial charge in [-0.25, -0.2) is 9.18 Å². The number of alkyl halides is 4. The molecule has 0 unspecified atom stereocenters. The Morgan fingerprint density at radius 3 is 2.34 bits per heavy atom. The lowest BCUT2D eigenvalue weighted by Crippen LogP contribution is -2.36. The molecule has 0 saturated heterocycles. The van der Waals surface area contributed by atoms with Gasteiger partial charge in [-0.3, -0.25) is 0 Å². The summed E-state index contributed by atoms with van der Waals surface area (Å²) in [6.45, 7) is 3.82. The number of hydrogen-bond donors (Lipinski definition) is 0. The standard InChI is InChI=1S/C24H21F5O3/c1-3-5-13-31-18-12-9-16-14-19(32-22(30)20(16)21(18)25)24(28,29)23(26,27)17-10-7-15(6-4-2)8-11-17/h4,6-12,14H,3,5,13H2,1-2H3/b6-4+. The molecule has 0 aliphatic heterocycles. The monoisotopic (exact) mass is 452 g/mol. The number of hydrogen-bond acceptors (Lipinski definition) is 3. The summed E-state index contributed by atoms with van der Waals surface area (Å²) in [5, 5.41) is -0.937. The summed E-state index contributed by atoms with van der Waals surface area (Å²) < 4.78 is 83.6. The van der Waals surface area contributed by atoms with Crippen LogP contribution in [0, 0.1) is 5.82 Å². The van der Waals surface area contributed by atoms with Gasteiger partial charge in [0.2, 0.25) is 0 Å². The van der Waals surface area contributed by atoms with Crippen molar-refractivity contribution in [3.8, 4) is 5.75 Å². The van der Waals surface area contributed by atoms with Gasteiger partial charge in [0.05, 0.1) is 6.61 Å². The highest BCUT2D eigenvalue weighted by atomic mass is 19.3. The molecule has 0 aliphatic carbocycles. The van der Waals surface area contributed by atoms with Crippen LogP contribution in [0.5, 0.6) is 5.75 Å². The van der Waals surface area contributed by atoms with Crippen molar-refractivity contribution in [2.75, 3.05) is 6.61 Å². The van der Waals surface area contributed by atoms with Gasteiger partial charge in [0, 0.05) is 5.56 Å². The Hall–Kier alpha value is -3.16. The van der Waals surface area contributed by atoms with Gasteiger partial charge < -0.3 is 9.15 Å². The van der Waals surface area contributed by atoms with Crippen LogP contribution in [-0.2, 0) is 11.8 Å². The van der Waals surface area contributed by atoms with Crippen LogP contribution in [-0.4, -0.2) is 6.61 Å². The Morgan fingerprint density at radius 2 is 1.72 bits per heavy atom. The molecule has 32 heavy (non-hydrogen) atoms. The smallest absolute Gasteiger partial charge is 0.371 e. The largest absolute Gasteiger partial charge is 0.490 e. The average Bonchev–Trinajstić information content (AvgIpc) is 2.75. The molecule has 0 N–H and O–H groups in total. The molecule has 1 heterocycles. The molecule has 0 spiro atoms. The molecule has 0 aliphatic rings. The predicted molar refractivity (Wildman–Crippen MR) is 112 cm³/mol. The molecule has 0 atom stereocenters. The van der Waals surface area contributed by atoms with Crippen LogP contribution in [0.1, 0.15) is 43.6 Å². The first-order valence-corrected chi connectivity index (χ1v) is 10.0. The zero-order valence-electron chi connectivity index (χ0n) is 17.4. The van der Waals surface area contributed by atoms with E-state index in [4.69, 9.17) is 4.74 Å². The van der Waals surface area contributed by atoms with E-state index in [2.05, 4.69) is 4.42 Å². The minimum atomic E-state index is -4.87. The van der Waals surface area contributed by atoms with E-state index in [1.165, 1.54) is 12.1 Å². The molecule has 3 aromatic rings. The lowest BCUT2D eigenvalue weighted by atomic mass is 9.98. The minimum absolute atomic E-state index is 0.194. The highest BCUT2D eigenvalue weighted by Gasteiger charge is 2.60. The third kappa shape index (κ3) is 4.26. The van der Waals surface area contributed by atoms with Crippen LogP contribution in [0.25, 0.3) is 16.8 Å². The molecule has 0 radical (unpaired) electrons. The number of unbranched alkanes of at least 4 members (excludes halogenated alkanes) is 1. The molecule has 1 aromatic heterocycles. The molecular formula is C24H21F5O3. The number of fused-ring (bicyclic) bond motifs is 1. The maximum absolute atomic E-state index is 14.8. The van der Waals surface area contributed by atoms with Crippen LogP contribution >= 0.6 is 0 Å². The van der Waals surface area contributed by atoms with Gasteiger partial charge in [-0.2, -0.15) is 17.6 Å². The molecule has 3 rings (SSSR count). The van der Waals surface area contributed by atoms with Crippen LogP contribution < -0.4 is 10.4 Å². The average molecular weight is 452 g/mol. The van der Waals surface area contributed by atoms with Gasteiger partial charge in [-0.05, 0) is 36.4 Å². The molecule has 0 bridgehead atoms. The maximum Gasteiger partial charge on any atom is 0.371 e. The summed E-state index contributed by atoms with van der Waals surface area (Å²) in [7, 11) is 0. The van der Waals surface area contributed by atoms with Crippen molar-refractivity contribution in [1.82, 2.24) is 0 Å². The van der Waals surface area contributed by atoms with Gasteiger partial charge in [0.15, 0.2) is 17.3 Å². The predicted octanol–water partition coefficient (Wildman–Crippen LogP) is 7.03. The van der Waals surface area contributed by atoms with Crippen molar-refractivity contribution in [3.63, 3.8) is 0 Å². The van der Waals surface area contributed by atoms with Crippen LogP contribution in [0.3, 0.4) is 0 Å². The van der Waals surface area contributed by atoms with Gasteiger partial charge >= 0.3 is 17.5 Å². The third-order valence-electron chi connectivity index (χ3n) is 4.92. The van der Waals surface area contributed by atoms with Crippen LogP contribution in [0.2, 0.25) is 0 Å². The number of allylic oxidation sites excluding steroid dienone is 1. The van der Waals surface area contributed by atoms with Crippen molar-refractivity contribution in [1.29, 1.82) is 0 Å². The summed E-state index contributed by atoms with van der Waals surface area (Å²) in [4.78, 5) is 12.3. The first-order chi connectivity index (χ1) is 15.1. The zero-order valence-corrected chi connectivity index (χ0v) is 17.4. The SMILES string of the molecule is C/C=C/c1ccc(C(F)(F)C(F)(F)c2cc3ccc(OCCCC)c(F)c3c(=O)o2)cc1. The maximum atomic E-state index is 14.8. The summed E-state index contributed by atoms with van der Waals surface area (Å²) in [5.41, 5.74) is -1.89. The topological polar surface area (TPSA) is 39.4 Å². The molecule has 0 saturated carbocycles. The van der Waals surface area contributed by atoms with E-state index in [9.17, 15) is 26.7 Å². The number of ether oxygens (including phenoxy) is 1. The van der Waals surface area contributed by atoms with E-state index in [1.807, 2.05) is 6.92 Å². The quantitative estimate of drug-likeness (QED) is 0.272. The molecule has 0 amide bonds. The minimum Gasteiger partial charge on any atom is -0.490 e. The van der Waals surface area contributed by atoms with E-state index in [0.717, 1.165) is 30.7 Å². The fraction of sp³-hybridized carbons (Fsp3) is 0.292. The lowest BCUT2D eigenvalue weighted by molar-refractivity contribution is -0.233. The van der Waals surface area contributed by atoms with E-state index in [-0.39, 0.29) is 17.7 Å². The first kappa shape index (κ1) is 23.5. The van der Waals surface area contributed by atoms with Crippen molar-refractivity contribution >= 4 is 16.8 Å². The van der Waals surface area contributed by atoms with Crippen molar-refractivity contribution < 1.29 is 31.1 Å². The fourth-order valence-electron chi connectivity index (χ4n) is 3.15. The number of halogens is 5. The highest BCUT2D eigenvalue weighted by Crippen LogP contribution is 2.49. The first-order valence-electron chi connectivity index (χ1n) is 10.0. The highest BCUT2D eigenvalue weighted by molar-refractivity contribution is 5.83. The molecule has 170 valence electrons. The summed E-state index contributed by atoms with van der Waals surface area (Å²) in [6.07, 6.45) is 4.73. The Kier molecular flexibility index (Phi) is 6.71.